The van der Waals surface area contributed by atoms with Crippen LogP contribution in [0.25, 0.3) is 10.1 Å². The largest absolute Gasteiger partial charge is 0.353 e. The molecule has 1 fully saturated rings. The van der Waals surface area contributed by atoms with Crippen molar-refractivity contribution in [2.24, 2.45) is 5.84 Å². The number of carbonyl (C=O) groups excluding carboxylic acids is 1. The Labute approximate surface area is 193 Å². The minimum absolute atomic E-state index is 0. The number of fused-ring (bicyclic) bond motifs is 1. The van der Waals surface area contributed by atoms with Crippen LogP contribution in [0, 0.1) is 0 Å². The van der Waals surface area contributed by atoms with E-state index < -0.39 is 0 Å². The summed E-state index contributed by atoms with van der Waals surface area (Å²) in [6, 6.07) is 15.7. The quantitative estimate of drug-likeness (QED) is 0.271. The van der Waals surface area contributed by atoms with Gasteiger partial charge < -0.3 is 15.6 Å². The maximum absolute atomic E-state index is 12.3. The molecule has 2 heterocycles. The average molecular weight is 461 g/mol. The summed E-state index contributed by atoms with van der Waals surface area (Å²) in [4.78, 5) is 17.2. The van der Waals surface area contributed by atoms with E-state index in [0.717, 1.165) is 51.4 Å². The van der Waals surface area contributed by atoms with Gasteiger partial charge in [-0.2, -0.15) is 4.37 Å². The minimum atomic E-state index is -0.0901. The van der Waals surface area contributed by atoms with E-state index in [1.165, 1.54) is 10.1 Å². The Morgan fingerprint density at radius 1 is 1.03 bits per heavy atom. The van der Waals surface area contributed by atoms with Crippen molar-refractivity contribution in [1.82, 2.24) is 14.6 Å². The van der Waals surface area contributed by atoms with E-state index in [1.807, 2.05) is 12.1 Å². The highest BCUT2D eigenvalue weighted by Gasteiger charge is 2.20. The first-order valence-electron chi connectivity index (χ1n) is 10.4. The van der Waals surface area contributed by atoms with Crippen LogP contribution in [0.5, 0.6) is 0 Å². The standard InChI is InChI=1S/C22H28N6OS.ClH/c23-25-19-9-3-1-7-17(19)22(29)24-11-5-6-12-27-13-15-28(16-14-27)21-18-8-2-4-10-20(18)30-26-21;/h1-4,7-10,25H,5-6,11-16,23H2,(H,24,29);1H. The smallest absolute Gasteiger partial charge is 0.253 e. The van der Waals surface area contributed by atoms with Gasteiger partial charge in [0.2, 0.25) is 0 Å². The van der Waals surface area contributed by atoms with Crippen molar-refractivity contribution in [1.29, 1.82) is 0 Å². The molecule has 4 rings (SSSR count). The molecule has 166 valence electrons. The highest BCUT2D eigenvalue weighted by Crippen LogP contribution is 2.29. The highest BCUT2D eigenvalue weighted by atomic mass is 35.5. The summed E-state index contributed by atoms with van der Waals surface area (Å²) in [7, 11) is 0. The summed E-state index contributed by atoms with van der Waals surface area (Å²) in [5, 5.41) is 4.25. The predicted octanol–water partition coefficient (Wildman–Crippen LogP) is 3.34. The third kappa shape index (κ3) is 5.65. The van der Waals surface area contributed by atoms with Crippen LogP contribution in [0.1, 0.15) is 23.2 Å². The molecule has 9 heteroatoms. The molecule has 1 aliphatic heterocycles. The van der Waals surface area contributed by atoms with Crippen molar-refractivity contribution in [3.63, 3.8) is 0 Å². The van der Waals surface area contributed by atoms with Gasteiger partial charge in [-0.05, 0) is 55.2 Å². The lowest BCUT2D eigenvalue weighted by Gasteiger charge is -2.35. The number of piperazine rings is 1. The van der Waals surface area contributed by atoms with E-state index in [4.69, 9.17) is 5.84 Å². The highest BCUT2D eigenvalue weighted by molar-refractivity contribution is 7.13. The van der Waals surface area contributed by atoms with Crippen LogP contribution < -0.4 is 21.5 Å². The molecule has 1 aromatic heterocycles. The Morgan fingerprint density at radius 2 is 1.77 bits per heavy atom. The molecule has 1 aliphatic rings. The number of halogens is 1. The summed E-state index contributed by atoms with van der Waals surface area (Å²) >= 11 is 1.58. The van der Waals surface area contributed by atoms with Crippen molar-refractivity contribution < 1.29 is 4.79 Å². The van der Waals surface area contributed by atoms with Gasteiger partial charge in [-0.3, -0.25) is 15.5 Å². The number of nitrogens with one attached hydrogen (secondary N) is 2. The van der Waals surface area contributed by atoms with Gasteiger partial charge in [0.1, 0.15) is 5.82 Å². The molecular weight excluding hydrogens is 432 g/mol. The fourth-order valence-corrected chi connectivity index (χ4v) is 4.64. The maximum atomic E-state index is 12.3. The topological polar surface area (TPSA) is 86.5 Å². The molecular formula is C22H29ClN6OS. The first-order valence-corrected chi connectivity index (χ1v) is 11.2. The summed E-state index contributed by atoms with van der Waals surface area (Å²) in [6.07, 6.45) is 2.03. The van der Waals surface area contributed by atoms with Crippen molar-refractivity contribution >= 4 is 51.4 Å². The van der Waals surface area contributed by atoms with E-state index >= 15 is 0 Å². The van der Waals surface area contributed by atoms with E-state index in [9.17, 15) is 4.79 Å². The molecule has 0 saturated carbocycles. The second-order valence-electron chi connectivity index (χ2n) is 7.48. The Bertz CT molecular complexity index is 989. The number of aromatic nitrogens is 1. The number of unbranched alkanes of at least 4 members (excludes halogenated alkanes) is 1. The van der Waals surface area contributed by atoms with Gasteiger partial charge in [-0.15, -0.1) is 12.4 Å². The molecule has 31 heavy (non-hydrogen) atoms. The fraction of sp³-hybridized carbons (Fsp3) is 0.364. The van der Waals surface area contributed by atoms with Gasteiger partial charge in [0.05, 0.1) is 16.0 Å². The van der Waals surface area contributed by atoms with Crippen LogP contribution in [0.4, 0.5) is 11.5 Å². The number of hydrogen-bond donors (Lipinski definition) is 3. The zero-order valence-electron chi connectivity index (χ0n) is 17.4. The van der Waals surface area contributed by atoms with Crippen molar-refractivity contribution in [2.45, 2.75) is 12.8 Å². The monoisotopic (exact) mass is 460 g/mol. The van der Waals surface area contributed by atoms with E-state index in [2.05, 4.69) is 49.2 Å². The number of nitrogen functional groups attached to an aromatic ring is 1. The number of nitrogens with zero attached hydrogens (tertiary/aromatic N) is 3. The van der Waals surface area contributed by atoms with Crippen LogP contribution in [-0.2, 0) is 0 Å². The van der Waals surface area contributed by atoms with Crippen LogP contribution in [0.15, 0.2) is 48.5 Å². The van der Waals surface area contributed by atoms with Crippen LogP contribution in [0.3, 0.4) is 0 Å². The van der Waals surface area contributed by atoms with Crippen molar-refractivity contribution in [3.8, 4) is 0 Å². The normalized spacial score (nSPS) is 14.3. The Kier molecular flexibility index (Phi) is 8.48. The van der Waals surface area contributed by atoms with Crippen LogP contribution in [0.2, 0.25) is 0 Å². The zero-order valence-corrected chi connectivity index (χ0v) is 19.1. The van der Waals surface area contributed by atoms with Gasteiger partial charge in [-0.25, -0.2) is 0 Å². The van der Waals surface area contributed by atoms with Gasteiger partial charge in [0.15, 0.2) is 0 Å². The molecule has 0 radical (unpaired) electrons. The number of nitrogens with two attached hydrogens (primary N) is 1. The van der Waals surface area contributed by atoms with Gasteiger partial charge in [0.25, 0.3) is 5.91 Å². The average Bonchev–Trinajstić information content (AvgIpc) is 3.23. The SMILES string of the molecule is Cl.NNc1ccccc1C(=O)NCCCCN1CCN(c2nsc3ccccc23)CC1. The van der Waals surface area contributed by atoms with Crippen LogP contribution >= 0.6 is 23.9 Å². The lowest BCUT2D eigenvalue weighted by molar-refractivity contribution is 0.0953. The number of anilines is 2. The number of hydrogen-bond acceptors (Lipinski definition) is 7. The van der Waals surface area contributed by atoms with Crippen LogP contribution in [-0.4, -0.2) is 54.4 Å². The molecule has 0 spiro atoms. The lowest BCUT2D eigenvalue weighted by atomic mass is 10.1. The number of amides is 1. The third-order valence-electron chi connectivity index (χ3n) is 5.54. The summed E-state index contributed by atoms with van der Waals surface area (Å²) in [5.41, 5.74) is 3.78. The fourth-order valence-electron chi connectivity index (χ4n) is 3.85. The second kappa shape index (κ2) is 11.3. The van der Waals surface area contributed by atoms with E-state index in [0.29, 0.717) is 17.8 Å². The second-order valence-corrected chi connectivity index (χ2v) is 8.29. The number of para-hydroxylation sites is 1. The molecule has 4 N–H and O–H groups in total. The third-order valence-corrected chi connectivity index (χ3v) is 6.36. The van der Waals surface area contributed by atoms with Crippen molar-refractivity contribution in [3.05, 3.63) is 54.1 Å². The van der Waals surface area contributed by atoms with E-state index in [-0.39, 0.29) is 18.3 Å². The molecule has 0 aliphatic carbocycles. The van der Waals surface area contributed by atoms with E-state index in [1.54, 1.807) is 23.7 Å². The first kappa shape index (κ1) is 23.3. The Hall–Kier alpha value is -2.39. The molecule has 1 amide bonds. The molecule has 3 aromatic rings. The number of benzene rings is 2. The molecule has 0 unspecified atom stereocenters. The molecule has 1 saturated heterocycles. The molecule has 2 aromatic carbocycles. The Balaban J connectivity index is 0.00000272. The Morgan fingerprint density at radius 3 is 2.58 bits per heavy atom. The molecule has 7 nitrogen and oxygen atoms in total. The summed E-state index contributed by atoms with van der Waals surface area (Å²) in [5.74, 6) is 6.51. The minimum Gasteiger partial charge on any atom is -0.353 e. The van der Waals surface area contributed by atoms with Gasteiger partial charge in [0, 0.05) is 38.1 Å². The first-order chi connectivity index (χ1) is 14.8. The summed E-state index contributed by atoms with van der Waals surface area (Å²) < 4.78 is 5.93. The zero-order chi connectivity index (χ0) is 20.8. The maximum Gasteiger partial charge on any atom is 0.253 e. The summed E-state index contributed by atoms with van der Waals surface area (Å²) in [6.45, 7) is 5.84. The molecule has 0 bridgehead atoms. The number of carbonyl (C=O) groups is 1. The number of hydrazine groups is 1. The van der Waals surface area contributed by atoms with Gasteiger partial charge in [-0.1, -0.05) is 24.3 Å². The van der Waals surface area contributed by atoms with Crippen molar-refractivity contribution in [2.75, 3.05) is 49.6 Å². The molecule has 0 atom stereocenters. The van der Waals surface area contributed by atoms with Gasteiger partial charge >= 0.3 is 0 Å². The predicted molar refractivity (Wildman–Crippen MR) is 131 cm³/mol. The lowest BCUT2D eigenvalue weighted by Crippen LogP contribution is -2.46. The number of rotatable bonds is 8.